The van der Waals surface area contributed by atoms with Crippen LogP contribution >= 0.6 is 0 Å². The van der Waals surface area contributed by atoms with Gasteiger partial charge in [-0.05, 0) is 30.0 Å². The molecule has 2 aliphatic heterocycles. The molecule has 5 heteroatoms. The first-order valence-corrected chi connectivity index (χ1v) is 8.53. The summed E-state index contributed by atoms with van der Waals surface area (Å²) in [4.78, 5) is 14.1. The van der Waals surface area contributed by atoms with Crippen LogP contribution in [0.1, 0.15) is 29.9 Å². The summed E-state index contributed by atoms with van der Waals surface area (Å²) in [6.07, 6.45) is 1.64. The number of hydrogen-bond donors (Lipinski definition) is 1. The SMILES string of the molecule is O=C(O)[C@@H]1[C@H](c2ccc(F)cc2F)[C@@H]2CC[C@H]1N2Cc1ccccc1. The van der Waals surface area contributed by atoms with Gasteiger partial charge in [0.2, 0.25) is 0 Å². The molecule has 0 aliphatic carbocycles. The first-order chi connectivity index (χ1) is 12.1. The minimum absolute atomic E-state index is 0.0359. The molecular weight excluding hydrogens is 324 g/mol. The summed E-state index contributed by atoms with van der Waals surface area (Å²) in [5, 5.41) is 9.77. The van der Waals surface area contributed by atoms with Crippen molar-refractivity contribution in [3.63, 3.8) is 0 Å². The third-order valence-electron chi connectivity index (χ3n) is 5.64. The second-order valence-corrected chi connectivity index (χ2v) is 6.93. The van der Waals surface area contributed by atoms with Crippen molar-refractivity contribution in [2.75, 3.05) is 0 Å². The van der Waals surface area contributed by atoms with E-state index in [-0.39, 0.29) is 12.1 Å². The number of benzene rings is 2. The number of carboxylic acids is 1. The van der Waals surface area contributed by atoms with Gasteiger partial charge in [-0.2, -0.15) is 0 Å². The Bertz CT molecular complexity index is 796. The van der Waals surface area contributed by atoms with Crippen molar-refractivity contribution in [1.82, 2.24) is 4.90 Å². The lowest BCUT2D eigenvalue weighted by molar-refractivity contribution is -0.143. The Hall–Kier alpha value is -2.27. The van der Waals surface area contributed by atoms with Gasteiger partial charge in [0.1, 0.15) is 11.6 Å². The normalized spacial score (nSPS) is 28.4. The van der Waals surface area contributed by atoms with Crippen molar-refractivity contribution in [2.24, 2.45) is 5.92 Å². The van der Waals surface area contributed by atoms with Crippen LogP contribution in [0.4, 0.5) is 8.78 Å². The molecule has 4 atom stereocenters. The van der Waals surface area contributed by atoms with Crippen molar-refractivity contribution in [2.45, 2.75) is 37.4 Å². The first-order valence-electron chi connectivity index (χ1n) is 8.53. The van der Waals surface area contributed by atoms with Crippen LogP contribution in [-0.4, -0.2) is 28.1 Å². The van der Waals surface area contributed by atoms with Gasteiger partial charge in [-0.15, -0.1) is 0 Å². The minimum atomic E-state index is -0.904. The van der Waals surface area contributed by atoms with Gasteiger partial charge in [-0.25, -0.2) is 8.78 Å². The number of nitrogens with zero attached hydrogens (tertiary/aromatic N) is 1. The van der Waals surface area contributed by atoms with E-state index in [0.29, 0.717) is 12.1 Å². The lowest BCUT2D eigenvalue weighted by Gasteiger charge is -2.27. The molecule has 0 aromatic heterocycles. The highest BCUT2D eigenvalue weighted by molar-refractivity contribution is 5.74. The molecule has 2 heterocycles. The molecule has 0 radical (unpaired) electrons. The molecule has 0 spiro atoms. The molecule has 0 amide bonds. The monoisotopic (exact) mass is 343 g/mol. The summed E-state index contributed by atoms with van der Waals surface area (Å²) in [6.45, 7) is 0.652. The summed E-state index contributed by atoms with van der Waals surface area (Å²) in [5.74, 6) is -3.30. The van der Waals surface area contributed by atoms with Crippen LogP contribution in [-0.2, 0) is 11.3 Å². The predicted molar refractivity (Wildman–Crippen MR) is 89.0 cm³/mol. The Morgan fingerprint density at radius 1 is 1.08 bits per heavy atom. The largest absolute Gasteiger partial charge is 0.481 e. The lowest BCUT2D eigenvalue weighted by Crippen LogP contribution is -2.33. The molecule has 25 heavy (non-hydrogen) atoms. The molecule has 1 N–H and O–H groups in total. The standard InChI is InChI=1S/C20H19F2NO2/c21-13-6-7-14(15(22)10-13)18-16-8-9-17(19(18)20(24)25)23(16)11-12-4-2-1-3-5-12/h1-7,10,16-19H,8-9,11H2,(H,24,25)/t16-,17+,18+,19-/m0/s1. The molecular formula is C20H19F2NO2. The van der Waals surface area contributed by atoms with Gasteiger partial charge in [-0.3, -0.25) is 9.69 Å². The fraction of sp³-hybridized carbons (Fsp3) is 0.350. The van der Waals surface area contributed by atoms with Crippen LogP contribution in [0, 0.1) is 17.6 Å². The molecule has 130 valence electrons. The number of carbonyl (C=O) groups is 1. The Kier molecular flexibility index (Phi) is 4.04. The van der Waals surface area contributed by atoms with Gasteiger partial charge in [-0.1, -0.05) is 36.4 Å². The second-order valence-electron chi connectivity index (χ2n) is 6.93. The molecule has 2 aromatic rings. The van der Waals surface area contributed by atoms with Crippen LogP contribution in [0.25, 0.3) is 0 Å². The van der Waals surface area contributed by atoms with Crippen LogP contribution in [0.3, 0.4) is 0 Å². The molecule has 2 bridgehead atoms. The van der Waals surface area contributed by atoms with Gasteiger partial charge >= 0.3 is 5.97 Å². The van der Waals surface area contributed by atoms with E-state index in [1.165, 1.54) is 12.1 Å². The molecule has 2 aliphatic rings. The second kappa shape index (κ2) is 6.23. The smallest absolute Gasteiger partial charge is 0.308 e. The Balaban J connectivity index is 1.70. The zero-order valence-electron chi connectivity index (χ0n) is 13.6. The number of hydrogen-bond acceptors (Lipinski definition) is 2. The third kappa shape index (κ3) is 2.72. The van der Waals surface area contributed by atoms with E-state index in [4.69, 9.17) is 0 Å². The summed E-state index contributed by atoms with van der Waals surface area (Å²) < 4.78 is 27.6. The number of aliphatic carboxylic acids is 1. The van der Waals surface area contributed by atoms with Gasteiger partial charge in [0.15, 0.2) is 0 Å². The van der Waals surface area contributed by atoms with Gasteiger partial charge < -0.3 is 5.11 Å². The molecule has 2 fully saturated rings. The number of carboxylic acid groups (broad SMARTS) is 1. The van der Waals surface area contributed by atoms with Crippen molar-refractivity contribution < 1.29 is 18.7 Å². The number of rotatable bonds is 4. The predicted octanol–water partition coefficient (Wildman–Crippen LogP) is 3.80. The molecule has 2 saturated heterocycles. The van der Waals surface area contributed by atoms with E-state index in [9.17, 15) is 18.7 Å². The van der Waals surface area contributed by atoms with Crippen LogP contribution in [0.2, 0.25) is 0 Å². The van der Waals surface area contributed by atoms with Crippen LogP contribution < -0.4 is 0 Å². The van der Waals surface area contributed by atoms with Crippen LogP contribution in [0.5, 0.6) is 0 Å². The van der Waals surface area contributed by atoms with E-state index >= 15 is 0 Å². The Labute approximate surface area is 144 Å². The average Bonchev–Trinajstić information content (AvgIpc) is 3.10. The zero-order valence-corrected chi connectivity index (χ0v) is 13.6. The Morgan fingerprint density at radius 2 is 1.80 bits per heavy atom. The topological polar surface area (TPSA) is 40.5 Å². The van der Waals surface area contributed by atoms with Crippen LogP contribution in [0.15, 0.2) is 48.5 Å². The van der Waals surface area contributed by atoms with Gasteiger partial charge in [0.05, 0.1) is 5.92 Å². The van der Waals surface area contributed by atoms with Crippen molar-refractivity contribution in [3.8, 4) is 0 Å². The Morgan fingerprint density at radius 3 is 2.48 bits per heavy atom. The average molecular weight is 343 g/mol. The summed E-state index contributed by atoms with van der Waals surface area (Å²) >= 11 is 0. The van der Waals surface area contributed by atoms with E-state index in [2.05, 4.69) is 4.90 Å². The first kappa shape index (κ1) is 16.2. The minimum Gasteiger partial charge on any atom is -0.481 e. The maximum atomic E-state index is 14.4. The van der Waals surface area contributed by atoms with E-state index < -0.39 is 29.4 Å². The molecule has 2 aromatic carbocycles. The van der Waals surface area contributed by atoms with Gasteiger partial charge in [0.25, 0.3) is 0 Å². The number of fused-ring (bicyclic) bond motifs is 2. The van der Waals surface area contributed by atoms with E-state index in [1.54, 1.807) is 0 Å². The highest BCUT2D eigenvalue weighted by Gasteiger charge is 2.56. The zero-order chi connectivity index (χ0) is 17.6. The fourth-order valence-electron chi connectivity index (χ4n) is 4.69. The van der Waals surface area contributed by atoms with Crippen molar-refractivity contribution >= 4 is 5.97 Å². The third-order valence-corrected chi connectivity index (χ3v) is 5.64. The molecule has 0 saturated carbocycles. The van der Waals surface area contributed by atoms with E-state index in [1.807, 2.05) is 30.3 Å². The molecule has 3 nitrogen and oxygen atoms in total. The summed E-state index contributed by atoms with van der Waals surface area (Å²) in [7, 11) is 0. The van der Waals surface area contributed by atoms with Crippen molar-refractivity contribution in [3.05, 3.63) is 71.3 Å². The fourth-order valence-corrected chi connectivity index (χ4v) is 4.69. The molecule has 4 rings (SSSR count). The highest BCUT2D eigenvalue weighted by atomic mass is 19.1. The van der Waals surface area contributed by atoms with E-state index in [0.717, 1.165) is 24.5 Å². The maximum Gasteiger partial charge on any atom is 0.308 e. The molecule has 0 unspecified atom stereocenters. The summed E-state index contributed by atoms with van der Waals surface area (Å²) in [6, 6.07) is 13.2. The van der Waals surface area contributed by atoms with Crippen molar-refractivity contribution in [1.29, 1.82) is 0 Å². The summed E-state index contributed by atoms with van der Waals surface area (Å²) in [5.41, 5.74) is 1.43. The quantitative estimate of drug-likeness (QED) is 0.918. The lowest BCUT2D eigenvalue weighted by atomic mass is 9.75. The number of halogens is 2. The van der Waals surface area contributed by atoms with Gasteiger partial charge in [0, 0.05) is 30.6 Å². The maximum absolute atomic E-state index is 14.4. The highest BCUT2D eigenvalue weighted by Crippen LogP contribution is 2.51.